The second-order valence-electron chi connectivity index (χ2n) is 5.40. The lowest BCUT2D eigenvalue weighted by Gasteiger charge is -2.31. The fourth-order valence-electron chi connectivity index (χ4n) is 2.70. The zero-order valence-electron chi connectivity index (χ0n) is 11.6. The quantitative estimate of drug-likeness (QED) is 0.858. The molecule has 1 aromatic heterocycles. The first-order chi connectivity index (χ1) is 10.2. The predicted octanol–water partition coefficient (Wildman–Crippen LogP) is 3.85. The van der Waals surface area contributed by atoms with Gasteiger partial charge in [-0.05, 0) is 37.1 Å². The summed E-state index contributed by atoms with van der Waals surface area (Å²) in [5, 5.41) is 0. The van der Waals surface area contributed by atoms with Crippen molar-refractivity contribution in [1.82, 2.24) is 4.90 Å². The summed E-state index contributed by atoms with van der Waals surface area (Å²) in [7, 11) is 0. The maximum Gasteiger partial charge on any atom is 0.129 e. The van der Waals surface area contributed by atoms with Gasteiger partial charge in [0.15, 0.2) is 0 Å². The Bertz CT molecular complexity index is 598. The predicted molar refractivity (Wildman–Crippen MR) is 83.2 cm³/mol. The number of nitrogens with zero attached hydrogens (tertiary/aromatic N) is 1. The van der Waals surface area contributed by atoms with E-state index < -0.39 is 0 Å². The van der Waals surface area contributed by atoms with Crippen molar-refractivity contribution >= 4 is 15.9 Å². The molecule has 1 heterocycles. The van der Waals surface area contributed by atoms with Crippen LogP contribution in [-0.4, -0.2) is 17.5 Å². The fourth-order valence-corrected chi connectivity index (χ4v) is 3.03. The Kier molecular flexibility index (Phi) is 4.42. The van der Waals surface area contributed by atoms with Crippen LogP contribution in [0.3, 0.4) is 0 Å². The van der Waals surface area contributed by atoms with E-state index >= 15 is 0 Å². The largest absolute Gasteiger partial charge is 0.468 e. The molecule has 1 aliphatic carbocycles. The van der Waals surface area contributed by atoms with Gasteiger partial charge in [-0.25, -0.2) is 4.39 Å². The summed E-state index contributed by atoms with van der Waals surface area (Å²) in [4.78, 5) is 2.26. The molecule has 2 N–H and O–H groups in total. The molecule has 1 atom stereocenters. The zero-order chi connectivity index (χ0) is 14.8. The van der Waals surface area contributed by atoms with Gasteiger partial charge < -0.3 is 10.2 Å². The van der Waals surface area contributed by atoms with Crippen LogP contribution in [0.2, 0.25) is 0 Å². The van der Waals surface area contributed by atoms with Crippen molar-refractivity contribution in [2.45, 2.75) is 31.5 Å². The van der Waals surface area contributed by atoms with Gasteiger partial charge >= 0.3 is 0 Å². The third-order valence-corrected chi connectivity index (χ3v) is 4.37. The summed E-state index contributed by atoms with van der Waals surface area (Å²) < 4.78 is 20.5. The second-order valence-corrected chi connectivity index (χ2v) is 6.32. The summed E-state index contributed by atoms with van der Waals surface area (Å²) in [6.07, 6.45) is 3.93. The summed E-state index contributed by atoms with van der Waals surface area (Å²) in [6, 6.07) is 9.32. The Hall–Kier alpha value is -1.17. The maximum absolute atomic E-state index is 14.3. The summed E-state index contributed by atoms with van der Waals surface area (Å²) >= 11 is 3.29. The van der Waals surface area contributed by atoms with Gasteiger partial charge in [0.05, 0.1) is 18.8 Å². The van der Waals surface area contributed by atoms with Crippen molar-refractivity contribution in [1.29, 1.82) is 0 Å². The molecule has 3 nitrogen and oxygen atoms in total. The number of furan rings is 1. The van der Waals surface area contributed by atoms with Gasteiger partial charge in [-0.3, -0.25) is 4.90 Å². The Labute approximate surface area is 132 Å². The molecule has 5 heteroatoms. The number of nitrogens with two attached hydrogens (primary N) is 1. The van der Waals surface area contributed by atoms with Crippen molar-refractivity contribution in [3.8, 4) is 0 Å². The summed E-state index contributed by atoms with van der Waals surface area (Å²) in [5.74, 6) is 0.669. The van der Waals surface area contributed by atoms with E-state index in [9.17, 15) is 4.39 Å². The molecular weight excluding hydrogens is 335 g/mol. The van der Waals surface area contributed by atoms with Crippen LogP contribution in [0.5, 0.6) is 0 Å². The Morgan fingerprint density at radius 3 is 2.76 bits per heavy atom. The standard InChI is InChI=1S/C16H18BrFN2O/c17-11-3-6-14(15(18)8-11)16(9-19)20(12-4-5-12)10-13-2-1-7-21-13/h1-3,6-8,12,16H,4-5,9-10,19H2. The molecule has 1 fully saturated rings. The lowest BCUT2D eigenvalue weighted by Crippen LogP contribution is -2.35. The van der Waals surface area contributed by atoms with E-state index in [1.54, 1.807) is 6.26 Å². The van der Waals surface area contributed by atoms with Crippen LogP contribution in [0.15, 0.2) is 45.5 Å². The second kappa shape index (κ2) is 6.30. The monoisotopic (exact) mass is 352 g/mol. The minimum absolute atomic E-state index is 0.129. The van der Waals surface area contributed by atoms with Gasteiger partial charge in [0.2, 0.25) is 0 Å². The van der Waals surface area contributed by atoms with Crippen LogP contribution in [0, 0.1) is 5.82 Å². The lowest BCUT2D eigenvalue weighted by atomic mass is 10.0. The molecule has 0 bridgehead atoms. The molecular formula is C16H18BrFN2O. The zero-order valence-corrected chi connectivity index (χ0v) is 13.2. The van der Waals surface area contributed by atoms with Crippen LogP contribution in [0.25, 0.3) is 0 Å². The lowest BCUT2D eigenvalue weighted by molar-refractivity contribution is 0.165. The smallest absolute Gasteiger partial charge is 0.129 e. The molecule has 1 unspecified atom stereocenters. The topological polar surface area (TPSA) is 42.4 Å². The molecule has 112 valence electrons. The van der Waals surface area contributed by atoms with E-state index in [4.69, 9.17) is 10.2 Å². The number of halogens is 2. The van der Waals surface area contributed by atoms with Gasteiger partial charge in [-0.2, -0.15) is 0 Å². The van der Waals surface area contributed by atoms with Crippen LogP contribution in [-0.2, 0) is 6.54 Å². The van der Waals surface area contributed by atoms with Crippen molar-refractivity contribution < 1.29 is 8.81 Å². The number of benzene rings is 1. The average Bonchev–Trinajstić information content (AvgIpc) is 3.18. The van der Waals surface area contributed by atoms with Crippen molar-refractivity contribution in [3.05, 3.63) is 58.2 Å². The van der Waals surface area contributed by atoms with Gasteiger partial charge in [-0.1, -0.05) is 22.0 Å². The van der Waals surface area contributed by atoms with Gasteiger partial charge in [0, 0.05) is 22.6 Å². The van der Waals surface area contributed by atoms with E-state index in [-0.39, 0.29) is 11.9 Å². The molecule has 2 aromatic rings. The molecule has 21 heavy (non-hydrogen) atoms. The van der Waals surface area contributed by atoms with Crippen LogP contribution in [0.4, 0.5) is 4.39 Å². The highest BCUT2D eigenvalue weighted by atomic mass is 79.9. The molecule has 3 rings (SSSR count). The highest BCUT2D eigenvalue weighted by Gasteiger charge is 2.35. The molecule has 1 aromatic carbocycles. The Morgan fingerprint density at radius 1 is 1.38 bits per heavy atom. The van der Waals surface area contributed by atoms with Gasteiger partial charge in [0.1, 0.15) is 11.6 Å². The van der Waals surface area contributed by atoms with E-state index in [2.05, 4.69) is 20.8 Å². The first kappa shape index (κ1) is 14.8. The van der Waals surface area contributed by atoms with Crippen molar-refractivity contribution in [2.75, 3.05) is 6.54 Å². The SMILES string of the molecule is NCC(c1ccc(Br)cc1F)N(Cc1ccco1)C1CC1. The maximum atomic E-state index is 14.3. The number of hydrogen-bond donors (Lipinski definition) is 1. The molecule has 0 radical (unpaired) electrons. The van der Waals surface area contributed by atoms with E-state index in [0.717, 1.165) is 23.1 Å². The highest BCUT2D eigenvalue weighted by molar-refractivity contribution is 9.10. The van der Waals surface area contributed by atoms with Crippen LogP contribution >= 0.6 is 15.9 Å². The first-order valence-electron chi connectivity index (χ1n) is 7.12. The third-order valence-electron chi connectivity index (χ3n) is 3.88. The van der Waals surface area contributed by atoms with E-state index in [1.165, 1.54) is 6.07 Å². The van der Waals surface area contributed by atoms with Gasteiger partial charge in [0.25, 0.3) is 0 Å². The minimum atomic E-state index is -0.218. The Balaban J connectivity index is 1.88. The third kappa shape index (κ3) is 3.36. The molecule has 0 amide bonds. The summed E-state index contributed by atoms with van der Waals surface area (Å²) in [6.45, 7) is 1.05. The van der Waals surface area contributed by atoms with Crippen LogP contribution in [0.1, 0.15) is 30.2 Å². The average molecular weight is 353 g/mol. The molecule has 0 aliphatic heterocycles. The normalized spacial score (nSPS) is 16.4. The van der Waals surface area contributed by atoms with Gasteiger partial charge in [-0.15, -0.1) is 0 Å². The number of rotatable bonds is 6. The molecule has 1 aliphatic rings. The minimum Gasteiger partial charge on any atom is -0.468 e. The van der Waals surface area contributed by atoms with Crippen molar-refractivity contribution in [3.63, 3.8) is 0 Å². The van der Waals surface area contributed by atoms with Crippen molar-refractivity contribution in [2.24, 2.45) is 5.73 Å². The van der Waals surface area contributed by atoms with E-state index in [1.807, 2.05) is 24.3 Å². The first-order valence-corrected chi connectivity index (χ1v) is 7.91. The van der Waals surface area contributed by atoms with Crippen LogP contribution < -0.4 is 5.73 Å². The highest BCUT2D eigenvalue weighted by Crippen LogP contribution is 2.36. The Morgan fingerprint density at radius 2 is 2.19 bits per heavy atom. The molecule has 0 spiro atoms. The molecule has 1 saturated carbocycles. The number of hydrogen-bond acceptors (Lipinski definition) is 3. The molecule has 0 saturated heterocycles. The fraction of sp³-hybridized carbons (Fsp3) is 0.375. The summed E-state index contributed by atoms with van der Waals surface area (Å²) in [5.41, 5.74) is 6.61. The van der Waals surface area contributed by atoms with E-state index in [0.29, 0.717) is 24.7 Å².